The third-order valence-electron chi connectivity index (χ3n) is 2.81. The standard InChI is InChI=1S/C14H31N3/c1-12(2)16(8)11-17(13(3)4)10-9-15-14(5,6)7/h9,12-13H,10-11H2,1-8H3. The largest absolute Gasteiger partial charge is 0.291 e. The van der Waals surface area contributed by atoms with Gasteiger partial charge in [-0.15, -0.1) is 0 Å². The van der Waals surface area contributed by atoms with Crippen molar-refractivity contribution in [1.82, 2.24) is 9.80 Å². The number of aliphatic imine (C=N–C) groups is 1. The second-order valence-electron chi connectivity index (χ2n) is 6.34. The molecule has 0 N–H and O–H groups in total. The van der Waals surface area contributed by atoms with Crippen LogP contribution < -0.4 is 0 Å². The lowest BCUT2D eigenvalue weighted by molar-refractivity contribution is 0.120. The van der Waals surface area contributed by atoms with Crippen LogP contribution in [0.4, 0.5) is 0 Å². The van der Waals surface area contributed by atoms with Gasteiger partial charge in [-0.05, 0) is 55.5 Å². The minimum atomic E-state index is 0.0343. The maximum Gasteiger partial charge on any atom is 0.0520 e. The first kappa shape index (κ1) is 16.6. The third kappa shape index (κ3) is 8.33. The van der Waals surface area contributed by atoms with Crippen molar-refractivity contribution < 1.29 is 0 Å². The maximum absolute atomic E-state index is 4.55. The quantitative estimate of drug-likeness (QED) is 0.526. The minimum Gasteiger partial charge on any atom is -0.291 e. The number of nitrogens with zero attached hydrogens (tertiary/aromatic N) is 3. The lowest BCUT2D eigenvalue weighted by Gasteiger charge is -2.32. The molecule has 0 aliphatic rings. The molecule has 0 aliphatic carbocycles. The summed E-state index contributed by atoms with van der Waals surface area (Å²) in [5, 5.41) is 0. The normalized spacial score (nSPS) is 13.9. The molecule has 0 fully saturated rings. The Kier molecular flexibility index (Phi) is 6.95. The lowest BCUT2D eigenvalue weighted by Crippen LogP contribution is -2.43. The molecule has 0 heterocycles. The zero-order chi connectivity index (χ0) is 13.6. The summed E-state index contributed by atoms with van der Waals surface area (Å²) < 4.78 is 0. The van der Waals surface area contributed by atoms with Crippen molar-refractivity contribution in [2.45, 2.75) is 66.1 Å². The van der Waals surface area contributed by atoms with Crippen LogP contribution in [0, 0.1) is 0 Å². The third-order valence-corrected chi connectivity index (χ3v) is 2.81. The van der Waals surface area contributed by atoms with Crippen molar-refractivity contribution in [2.75, 3.05) is 20.3 Å². The van der Waals surface area contributed by atoms with Crippen LogP contribution in [0.15, 0.2) is 4.99 Å². The summed E-state index contributed by atoms with van der Waals surface area (Å²) in [5.74, 6) is 0. The van der Waals surface area contributed by atoms with Gasteiger partial charge in [0.2, 0.25) is 0 Å². The van der Waals surface area contributed by atoms with E-state index in [2.05, 4.69) is 70.3 Å². The molecule has 0 aromatic rings. The van der Waals surface area contributed by atoms with E-state index < -0.39 is 0 Å². The van der Waals surface area contributed by atoms with E-state index in [1.165, 1.54) is 0 Å². The number of hydrogen-bond acceptors (Lipinski definition) is 3. The molecular formula is C14H31N3. The Labute approximate surface area is 108 Å². The van der Waals surface area contributed by atoms with Gasteiger partial charge in [0.15, 0.2) is 0 Å². The molecule has 102 valence electrons. The summed E-state index contributed by atoms with van der Waals surface area (Å²) in [4.78, 5) is 9.32. The van der Waals surface area contributed by atoms with Crippen LogP contribution in [0.2, 0.25) is 0 Å². The van der Waals surface area contributed by atoms with E-state index in [0.29, 0.717) is 12.1 Å². The molecule has 0 radical (unpaired) electrons. The van der Waals surface area contributed by atoms with Gasteiger partial charge in [-0.2, -0.15) is 0 Å². The second-order valence-corrected chi connectivity index (χ2v) is 6.34. The highest BCUT2D eigenvalue weighted by Gasteiger charge is 2.13. The van der Waals surface area contributed by atoms with Gasteiger partial charge in [-0.25, -0.2) is 0 Å². The van der Waals surface area contributed by atoms with Gasteiger partial charge in [0.1, 0.15) is 0 Å². The first-order chi connectivity index (χ1) is 7.63. The Morgan fingerprint density at radius 3 is 1.94 bits per heavy atom. The van der Waals surface area contributed by atoms with E-state index in [9.17, 15) is 0 Å². The molecule has 17 heavy (non-hydrogen) atoms. The molecule has 0 aromatic heterocycles. The Bertz CT molecular complexity index is 226. The van der Waals surface area contributed by atoms with Crippen LogP contribution in [0.5, 0.6) is 0 Å². The average molecular weight is 241 g/mol. The van der Waals surface area contributed by atoms with Crippen molar-refractivity contribution in [1.29, 1.82) is 0 Å². The van der Waals surface area contributed by atoms with Crippen molar-refractivity contribution in [2.24, 2.45) is 4.99 Å². The van der Waals surface area contributed by atoms with Gasteiger partial charge in [-0.1, -0.05) is 0 Å². The Morgan fingerprint density at radius 1 is 1.06 bits per heavy atom. The molecule has 0 rings (SSSR count). The molecule has 3 nitrogen and oxygen atoms in total. The fourth-order valence-corrected chi connectivity index (χ4v) is 1.30. The summed E-state index contributed by atoms with van der Waals surface area (Å²) in [6, 6.07) is 1.12. The van der Waals surface area contributed by atoms with Gasteiger partial charge < -0.3 is 0 Å². The van der Waals surface area contributed by atoms with Crippen LogP contribution in [0.25, 0.3) is 0 Å². The topological polar surface area (TPSA) is 18.8 Å². The van der Waals surface area contributed by atoms with Crippen molar-refractivity contribution in [3.05, 3.63) is 0 Å². The first-order valence-electron chi connectivity index (χ1n) is 6.61. The van der Waals surface area contributed by atoms with Crippen LogP contribution in [-0.2, 0) is 0 Å². The van der Waals surface area contributed by atoms with Crippen LogP contribution >= 0.6 is 0 Å². The van der Waals surface area contributed by atoms with Crippen LogP contribution in [-0.4, -0.2) is 53.9 Å². The fourth-order valence-electron chi connectivity index (χ4n) is 1.30. The van der Waals surface area contributed by atoms with E-state index in [4.69, 9.17) is 0 Å². The SMILES string of the molecule is CC(C)N(C)CN(CC=NC(C)(C)C)C(C)C. The van der Waals surface area contributed by atoms with E-state index in [-0.39, 0.29) is 5.54 Å². The molecule has 0 aromatic carbocycles. The van der Waals surface area contributed by atoms with Gasteiger partial charge in [-0.3, -0.25) is 14.8 Å². The summed E-state index contributed by atoms with van der Waals surface area (Å²) in [7, 11) is 2.17. The summed E-state index contributed by atoms with van der Waals surface area (Å²) >= 11 is 0. The molecule has 3 heteroatoms. The predicted octanol–water partition coefficient (Wildman–Crippen LogP) is 2.86. The summed E-state index contributed by atoms with van der Waals surface area (Å²) in [6.45, 7) is 17.2. The monoisotopic (exact) mass is 241 g/mol. The van der Waals surface area contributed by atoms with E-state index in [0.717, 1.165) is 13.2 Å². The van der Waals surface area contributed by atoms with Gasteiger partial charge in [0.25, 0.3) is 0 Å². The molecule has 0 bridgehead atoms. The van der Waals surface area contributed by atoms with Gasteiger partial charge in [0.05, 0.1) is 12.2 Å². The molecule has 0 unspecified atom stereocenters. The van der Waals surface area contributed by atoms with Crippen LogP contribution in [0.1, 0.15) is 48.5 Å². The van der Waals surface area contributed by atoms with Crippen molar-refractivity contribution in [3.63, 3.8) is 0 Å². The summed E-state index contributed by atoms with van der Waals surface area (Å²) in [6.07, 6.45) is 2.05. The van der Waals surface area contributed by atoms with Crippen LogP contribution in [0.3, 0.4) is 0 Å². The molecule has 0 atom stereocenters. The Morgan fingerprint density at radius 2 is 1.59 bits per heavy atom. The minimum absolute atomic E-state index is 0.0343. The highest BCUT2D eigenvalue weighted by atomic mass is 15.3. The molecule has 0 saturated carbocycles. The predicted molar refractivity (Wildman–Crippen MR) is 77.9 cm³/mol. The van der Waals surface area contributed by atoms with Crippen molar-refractivity contribution in [3.8, 4) is 0 Å². The highest BCUT2D eigenvalue weighted by molar-refractivity contribution is 5.60. The Balaban J connectivity index is 4.31. The summed E-state index contributed by atoms with van der Waals surface area (Å²) in [5.41, 5.74) is 0.0343. The zero-order valence-corrected chi connectivity index (χ0v) is 13.0. The number of hydrogen-bond donors (Lipinski definition) is 0. The molecular weight excluding hydrogens is 210 g/mol. The zero-order valence-electron chi connectivity index (χ0n) is 13.0. The molecule has 0 spiro atoms. The smallest absolute Gasteiger partial charge is 0.0520 e. The van der Waals surface area contributed by atoms with E-state index in [1.54, 1.807) is 0 Å². The average Bonchev–Trinajstić information content (AvgIpc) is 2.13. The van der Waals surface area contributed by atoms with E-state index >= 15 is 0 Å². The molecule has 0 saturated heterocycles. The maximum atomic E-state index is 4.55. The Hall–Kier alpha value is -0.410. The molecule has 0 amide bonds. The lowest BCUT2D eigenvalue weighted by atomic mass is 10.1. The molecule has 0 aliphatic heterocycles. The van der Waals surface area contributed by atoms with E-state index in [1.807, 2.05) is 6.21 Å². The highest BCUT2D eigenvalue weighted by Crippen LogP contribution is 2.06. The number of rotatable bonds is 6. The second kappa shape index (κ2) is 7.12. The van der Waals surface area contributed by atoms with Crippen molar-refractivity contribution >= 4 is 6.21 Å². The first-order valence-corrected chi connectivity index (χ1v) is 6.61. The van der Waals surface area contributed by atoms with Gasteiger partial charge >= 0.3 is 0 Å². The fraction of sp³-hybridized carbons (Fsp3) is 0.929. The van der Waals surface area contributed by atoms with Gasteiger partial charge in [0, 0.05) is 24.8 Å².